The van der Waals surface area contributed by atoms with Gasteiger partial charge in [0, 0.05) is 18.2 Å². The molecule has 0 aliphatic carbocycles. The van der Waals surface area contributed by atoms with Crippen LogP contribution in [-0.2, 0) is 6.42 Å². The van der Waals surface area contributed by atoms with Crippen LogP contribution in [0.15, 0.2) is 54.6 Å². The van der Waals surface area contributed by atoms with Crippen molar-refractivity contribution in [2.75, 3.05) is 13.6 Å². The highest BCUT2D eigenvalue weighted by molar-refractivity contribution is 5.97. The standard InChI is InChI=1S/C27H32N2O/c1-6-26(29-14-13-24-15-18(2)19(3)16-25(24)27(29)30)28(5)20(4)22-12-11-21-9-7-8-10-23(21)17-22/h7-12,15-17,20,26H,6,13-14H2,1-5H3. The van der Waals surface area contributed by atoms with E-state index in [4.69, 9.17) is 0 Å². The second-order valence-electron chi connectivity index (χ2n) is 8.68. The van der Waals surface area contributed by atoms with Gasteiger partial charge in [0.1, 0.15) is 0 Å². The number of carbonyl (C=O) groups is 1. The van der Waals surface area contributed by atoms with E-state index in [9.17, 15) is 4.79 Å². The fourth-order valence-electron chi connectivity index (χ4n) is 4.75. The molecule has 3 heteroatoms. The van der Waals surface area contributed by atoms with Crippen molar-refractivity contribution in [2.24, 2.45) is 0 Å². The predicted octanol–water partition coefficient (Wildman–Crippen LogP) is 5.88. The van der Waals surface area contributed by atoms with E-state index in [1.807, 2.05) is 0 Å². The van der Waals surface area contributed by atoms with E-state index < -0.39 is 0 Å². The highest BCUT2D eigenvalue weighted by Crippen LogP contribution is 2.30. The van der Waals surface area contributed by atoms with Crippen molar-refractivity contribution in [3.63, 3.8) is 0 Å². The number of rotatable bonds is 5. The zero-order valence-corrected chi connectivity index (χ0v) is 18.8. The van der Waals surface area contributed by atoms with Crippen LogP contribution in [0.2, 0.25) is 0 Å². The molecule has 1 heterocycles. The molecule has 1 aliphatic heterocycles. The van der Waals surface area contributed by atoms with Crippen LogP contribution in [-0.4, -0.2) is 35.5 Å². The molecule has 30 heavy (non-hydrogen) atoms. The third-order valence-corrected chi connectivity index (χ3v) is 6.89. The van der Waals surface area contributed by atoms with Gasteiger partial charge in [-0.25, -0.2) is 0 Å². The Hall–Kier alpha value is -2.65. The van der Waals surface area contributed by atoms with Gasteiger partial charge in [-0.1, -0.05) is 49.4 Å². The molecule has 0 spiro atoms. The first-order valence-corrected chi connectivity index (χ1v) is 11.0. The largest absolute Gasteiger partial charge is 0.323 e. The molecule has 4 rings (SSSR count). The Morgan fingerprint density at radius 3 is 2.43 bits per heavy atom. The molecule has 0 saturated carbocycles. The van der Waals surface area contributed by atoms with E-state index in [1.165, 1.54) is 33.0 Å². The fourth-order valence-corrected chi connectivity index (χ4v) is 4.75. The van der Waals surface area contributed by atoms with Crippen LogP contribution in [0.3, 0.4) is 0 Å². The molecule has 0 saturated heterocycles. The van der Waals surface area contributed by atoms with E-state index in [2.05, 4.69) is 99.1 Å². The second-order valence-corrected chi connectivity index (χ2v) is 8.68. The number of nitrogens with zero attached hydrogens (tertiary/aromatic N) is 2. The predicted molar refractivity (Wildman–Crippen MR) is 125 cm³/mol. The maximum atomic E-state index is 13.4. The lowest BCUT2D eigenvalue weighted by atomic mass is 9.93. The molecule has 0 radical (unpaired) electrons. The average molecular weight is 401 g/mol. The summed E-state index contributed by atoms with van der Waals surface area (Å²) in [5, 5.41) is 2.52. The number of benzene rings is 3. The topological polar surface area (TPSA) is 23.6 Å². The average Bonchev–Trinajstić information content (AvgIpc) is 2.76. The van der Waals surface area contributed by atoms with Crippen LogP contribution in [0.4, 0.5) is 0 Å². The van der Waals surface area contributed by atoms with Crippen molar-refractivity contribution in [2.45, 2.75) is 52.7 Å². The number of aryl methyl sites for hydroxylation is 2. The Morgan fingerprint density at radius 2 is 1.70 bits per heavy atom. The first kappa shape index (κ1) is 20.6. The summed E-state index contributed by atoms with van der Waals surface area (Å²) in [5.41, 5.74) is 5.82. The Labute approximate surface area is 180 Å². The third-order valence-electron chi connectivity index (χ3n) is 6.89. The van der Waals surface area contributed by atoms with Gasteiger partial charge in [0.2, 0.25) is 0 Å². The first-order chi connectivity index (χ1) is 14.4. The van der Waals surface area contributed by atoms with Crippen molar-refractivity contribution in [3.8, 4) is 0 Å². The molecule has 156 valence electrons. The van der Waals surface area contributed by atoms with Crippen LogP contribution in [0.25, 0.3) is 10.8 Å². The smallest absolute Gasteiger partial charge is 0.255 e. The summed E-state index contributed by atoms with van der Waals surface area (Å²) in [4.78, 5) is 17.9. The lowest BCUT2D eigenvalue weighted by Crippen LogP contribution is -2.52. The SMILES string of the molecule is CCC(N1CCc2cc(C)c(C)cc2C1=O)N(C)C(C)c1ccc2ccccc2c1. The first-order valence-electron chi connectivity index (χ1n) is 11.0. The van der Waals surface area contributed by atoms with Crippen LogP contribution in [0.5, 0.6) is 0 Å². The number of hydrogen-bond donors (Lipinski definition) is 0. The lowest BCUT2D eigenvalue weighted by Gasteiger charge is -2.42. The molecule has 1 aliphatic rings. The van der Waals surface area contributed by atoms with Gasteiger partial charge in [0.15, 0.2) is 0 Å². The summed E-state index contributed by atoms with van der Waals surface area (Å²) >= 11 is 0. The van der Waals surface area contributed by atoms with Crippen molar-refractivity contribution < 1.29 is 4.79 Å². The molecular formula is C27H32N2O. The van der Waals surface area contributed by atoms with E-state index in [1.54, 1.807) is 0 Å². The minimum absolute atomic E-state index is 0.0775. The van der Waals surface area contributed by atoms with Crippen molar-refractivity contribution in [1.82, 2.24) is 9.80 Å². The Bertz CT molecular complexity index is 1090. The van der Waals surface area contributed by atoms with Crippen molar-refractivity contribution in [1.29, 1.82) is 0 Å². The number of amides is 1. The minimum Gasteiger partial charge on any atom is -0.323 e. The normalized spacial score (nSPS) is 16.1. The number of fused-ring (bicyclic) bond motifs is 2. The van der Waals surface area contributed by atoms with E-state index >= 15 is 0 Å². The van der Waals surface area contributed by atoms with Gasteiger partial charge in [-0.15, -0.1) is 0 Å². The number of hydrogen-bond acceptors (Lipinski definition) is 2. The molecule has 0 aromatic heterocycles. The molecule has 0 bridgehead atoms. The Morgan fingerprint density at radius 1 is 1.00 bits per heavy atom. The van der Waals surface area contributed by atoms with Crippen molar-refractivity contribution >= 4 is 16.7 Å². The lowest BCUT2D eigenvalue weighted by molar-refractivity contribution is 0.0234. The third kappa shape index (κ3) is 3.63. The molecular weight excluding hydrogens is 368 g/mol. The van der Waals surface area contributed by atoms with Crippen LogP contribution in [0.1, 0.15) is 58.9 Å². The van der Waals surface area contributed by atoms with Gasteiger partial charge in [0.25, 0.3) is 5.91 Å². The molecule has 3 aromatic rings. The summed E-state index contributed by atoms with van der Waals surface area (Å²) in [5.74, 6) is 0.170. The van der Waals surface area contributed by atoms with Gasteiger partial charge in [-0.3, -0.25) is 9.69 Å². The highest BCUT2D eigenvalue weighted by atomic mass is 16.2. The van der Waals surface area contributed by atoms with E-state index in [0.29, 0.717) is 0 Å². The zero-order chi connectivity index (χ0) is 21.4. The fraction of sp³-hybridized carbons (Fsp3) is 0.370. The van der Waals surface area contributed by atoms with Gasteiger partial charge in [-0.05, 0) is 85.8 Å². The Kier molecular flexibility index (Phi) is 5.66. The molecule has 0 N–H and O–H groups in total. The number of carbonyl (C=O) groups excluding carboxylic acids is 1. The van der Waals surface area contributed by atoms with Gasteiger partial charge in [0.05, 0.1) is 6.17 Å². The summed E-state index contributed by atoms with van der Waals surface area (Å²) < 4.78 is 0. The minimum atomic E-state index is 0.0775. The van der Waals surface area contributed by atoms with Crippen LogP contribution in [0, 0.1) is 13.8 Å². The second kappa shape index (κ2) is 8.23. The molecule has 1 amide bonds. The summed E-state index contributed by atoms with van der Waals surface area (Å²) in [6, 6.07) is 19.7. The summed E-state index contributed by atoms with van der Waals surface area (Å²) in [7, 11) is 2.15. The van der Waals surface area contributed by atoms with E-state index in [-0.39, 0.29) is 18.1 Å². The molecule has 3 nitrogen and oxygen atoms in total. The summed E-state index contributed by atoms with van der Waals surface area (Å²) in [6.45, 7) is 9.41. The zero-order valence-electron chi connectivity index (χ0n) is 18.8. The van der Waals surface area contributed by atoms with Crippen molar-refractivity contribution in [3.05, 3.63) is 82.4 Å². The quantitative estimate of drug-likeness (QED) is 0.534. The summed E-state index contributed by atoms with van der Waals surface area (Å²) in [6.07, 6.45) is 1.91. The molecule has 3 aromatic carbocycles. The van der Waals surface area contributed by atoms with Gasteiger partial charge in [-0.2, -0.15) is 0 Å². The van der Waals surface area contributed by atoms with Crippen LogP contribution < -0.4 is 0 Å². The van der Waals surface area contributed by atoms with Gasteiger partial charge < -0.3 is 4.90 Å². The molecule has 2 unspecified atom stereocenters. The van der Waals surface area contributed by atoms with Crippen LogP contribution >= 0.6 is 0 Å². The maximum absolute atomic E-state index is 13.4. The Balaban J connectivity index is 1.60. The monoisotopic (exact) mass is 400 g/mol. The highest BCUT2D eigenvalue weighted by Gasteiger charge is 2.33. The van der Waals surface area contributed by atoms with E-state index in [0.717, 1.165) is 24.9 Å². The molecule has 2 atom stereocenters. The van der Waals surface area contributed by atoms with Gasteiger partial charge >= 0.3 is 0 Å². The maximum Gasteiger partial charge on any atom is 0.255 e. The molecule has 0 fully saturated rings.